The molecule has 1 N–H and O–H groups in total. The van der Waals surface area contributed by atoms with Gasteiger partial charge < -0.3 is 10.2 Å². The van der Waals surface area contributed by atoms with Crippen LogP contribution in [0.25, 0.3) is 0 Å². The number of benzene rings is 3. The quantitative estimate of drug-likeness (QED) is 0.332. The van der Waals surface area contributed by atoms with Crippen molar-refractivity contribution >= 4 is 50.7 Å². The Kier molecular flexibility index (Phi) is 10.6. The number of rotatable bonds is 12. The molecule has 0 saturated heterocycles. The largest absolute Gasteiger partial charge is 0.354 e. The molecule has 0 saturated carbocycles. The molecule has 0 aliphatic heterocycles. The van der Waals surface area contributed by atoms with Gasteiger partial charge in [-0.05, 0) is 36.2 Å². The van der Waals surface area contributed by atoms with Crippen LogP contribution in [0.1, 0.15) is 24.5 Å². The fourth-order valence-electron chi connectivity index (χ4n) is 3.98. The summed E-state index contributed by atoms with van der Waals surface area (Å²) < 4.78 is 26.5. The Morgan fingerprint density at radius 3 is 2.03 bits per heavy atom. The van der Waals surface area contributed by atoms with Crippen LogP contribution in [0.3, 0.4) is 0 Å². The summed E-state index contributed by atoms with van der Waals surface area (Å²) in [7, 11) is -3.82. The van der Waals surface area contributed by atoms with Gasteiger partial charge in [0.25, 0.3) is 0 Å². The lowest BCUT2D eigenvalue weighted by Gasteiger charge is -2.34. The Morgan fingerprint density at radius 1 is 0.895 bits per heavy atom. The van der Waals surface area contributed by atoms with Gasteiger partial charge in [0.15, 0.2) is 0 Å². The number of amides is 2. The average Bonchev–Trinajstić information content (AvgIpc) is 2.89. The molecule has 7 nitrogen and oxygen atoms in total. The van der Waals surface area contributed by atoms with E-state index in [0.29, 0.717) is 34.3 Å². The summed E-state index contributed by atoms with van der Waals surface area (Å²) in [5, 5.41) is 3.56. The number of carbonyl (C=O) groups excluding carboxylic acids is 2. The molecule has 38 heavy (non-hydrogen) atoms. The number of sulfonamides is 1. The van der Waals surface area contributed by atoms with Crippen LogP contribution in [0.2, 0.25) is 10.0 Å². The second-order valence-electron chi connectivity index (χ2n) is 8.82. The van der Waals surface area contributed by atoms with Crippen LogP contribution in [0.15, 0.2) is 78.9 Å². The minimum absolute atomic E-state index is 0.0826. The second kappa shape index (κ2) is 13.6. The van der Waals surface area contributed by atoms with Gasteiger partial charge >= 0.3 is 0 Å². The molecule has 10 heteroatoms. The molecule has 0 radical (unpaired) electrons. The van der Waals surface area contributed by atoms with Gasteiger partial charge in [-0.2, -0.15) is 0 Å². The molecule has 0 fully saturated rings. The van der Waals surface area contributed by atoms with E-state index in [2.05, 4.69) is 5.32 Å². The highest BCUT2D eigenvalue weighted by Crippen LogP contribution is 2.28. The van der Waals surface area contributed by atoms with Gasteiger partial charge in [0.05, 0.1) is 11.9 Å². The maximum Gasteiger partial charge on any atom is 0.244 e. The second-order valence-corrected chi connectivity index (χ2v) is 11.5. The lowest BCUT2D eigenvalue weighted by molar-refractivity contribution is -0.140. The predicted octanol–water partition coefficient (Wildman–Crippen LogP) is 4.93. The van der Waals surface area contributed by atoms with Gasteiger partial charge in [0.2, 0.25) is 21.8 Å². The molecule has 2 amide bonds. The van der Waals surface area contributed by atoms with Crippen molar-refractivity contribution in [3.8, 4) is 0 Å². The first-order valence-electron chi connectivity index (χ1n) is 12.2. The van der Waals surface area contributed by atoms with E-state index in [9.17, 15) is 18.0 Å². The van der Waals surface area contributed by atoms with E-state index in [1.54, 1.807) is 48.5 Å². The van der Waals surface area contributed by atoms with Gasteiger partial charge in [-0.3, -0.25) is 13.9 Å². The first kappa shape index (κ1) is 29.5. The monoisotopic (exact) mass is 575 g/mol. The number of halogens is 2. The van der Waals surface area contributed by atoms with Crippen LogP contribution in [0.5, 0.6) is 0 Å². The summed E-state index contributed by atoms with van der Waals surface area (Å²) in [6, 6.07) is 21.7. The number of anilines is 1. The Labute approximate surface area is 234 Å². The zero-order chi connectivity index (χ0) is 27.7. The molecule has 1 atom stereocenters. The third-order valence-electron chi connectivity index (χ3n) is 5.93. The number of para-hydroxylation sites is 1. The molecule has 0 aliphatic rings. The van der Waals surface area contributed by atoms with E-state index in [4.69, 9.17) is 23.2 Å². The van der Waals surface area contributed by atoms with Crippen molar-refractivity contribution in [2.75, 3.05) is 23.7 Å². The zero-order valence-corrected chi connectivity index (χ0v) is 23.6. The fraction of sp³-hybridized carbons (Fsp3) is 0.286. The van der Waals surface area contributed by atoms with E-state index in [-0.39, 0.29) is 18.9 Å². The van der Waals surface area contributed by atoms with Crippen molar-refractivity contribution in [3.63, 3.8) is 0 Å². The lowest BCUT2D eigenvalue weighted by Crippen LogP contribution is -2.53. The van der Waals surface area contributed by atoms with Crippen molar-refractivity contribution in [1.82, 2.24) is 10.2 Å². The molecule has 0 aliphatic carbocycles. The number of hydrogen-bond acceptors (Lipinski definition) is 4. The third-order valence-corrected chi connectivity index (χ3v) is 7.78. The first-order chi connectivity index (χ1) is 18.1. The highest BCUT2D eigenvalue weighted by Gasteiger charge is 2.33. The Bertz CT molecular complexity index is 1320. The summed E-state index contributed by atoms with van der Waals surface area (Å²) in [6.07, 6.45) is 1.97. The van der Waals surface area contributed by atoms with E-state index in [1.807, 2.05) is 37.3 Å². The van der Waals surface area contributed by atoms with Crippen LogP contribution in [-0.2, 0) is 32.6 Å². The van der Waals surface area contributed by atoms with E-state index in [0.717, 1.165) is 16.1 Å². The first-order valence-corrected chi connectivity index (χ1v) is 14.8. The van der Waals surface area contributed by atoms with E-state index >= 15 is 0 Å². The Hall–Kier alpha value is -3.07. The van der Waals surface area contributed by atoms with Crippen molar-refractivity contribution in [3.05, 3.63) is 100 Å². The predicted molar refractivity (Wildman–Crippen MR) is 153 cm³/mol. The summed E-state index contributed by atoms with van der Waals surface area (Å²) >= 11 is 12.9. The summed E-state index contributed by atoms with van der Waals surface area (Å²) in [5.41, 5.74) is 1.65. The summed E-state index contributed by atoms with van der Waals surface area (Å²) in [6.45, 7) is 1.78. The number of hydrogen-bond donors (Lipinski definition) is 1. The van der Waals surface area contributed by atoms with Crippen LogP contribution in [0.4, 0.5) is 5.69 Å². The van der Waals surface area contributed by atoms with Crippen LogP contribution >= 0.6 is 23.2 Å². The van der Waals surface area contributed by atoms with Gasteiger partial charge in [-0.1, -0.05) is 84.7 Å². The number of carbonyl (C=O) groups is 2. The SMILES string of the molecule is CCCNC(=O)[C@H](Cc1ccccc1)N(Cc1c(Cl)cccc1Cl)C(=O)CN(c1ccccc1)S(C)(=O)=O. The molecule has 3 rings (SSSR count). The zero-order valence-electron chi connectivity index (χ0n) is 21.3. The summed E-state index contributed by atoms with van der Waals surface area (Å²) in [4.78, 5) is 28.8. The molecule has 0 spiro atoms. The average molecular weight is 577 g/mol. The molecule has 0 heterocycles. The van der Waals surface area contributed by atoms with Crippen LogP contribution in [-0.4, -0.2) is 50.5 Å². The molecule has 3 aromatic rings. The molecule has 0 unspecified atom stereocenters. The van der Waals surface area contributed by atoms with Gasteiger partial charge in [0, 0.05) is 35.1 Å². The van der Waals surface area contributed by atoms with Crippen molar-refractivity contribution in [2.45, 2.75) is 32.4 Å². The maximum absolute atomic E-state index is 14.0. The van der Waals surface area contributed by atoms with Gasteiger partial charge in [-0.15, -0.1) is 0 Å². The highest BCUT2D eigenvalue weighted by atomic mass is 35.5. The van der Waals surface area contributed by atoms with Gasteiger partial charge in [0.1, 0.15) is 12.6 Å². The van der Waals surface area contributed by atoms with Crippen molar-refractivity contribution in [2.24, 2.45) is 0 Å². The minimum atomic E-state index is -3.82. The normalized spacial score (nSPS) is 12.0. The Morgan fingerprint density at radius 2 is 1.47 bits per heavy atom. The topological polar surface area (TPSA) is 86.8 Å². The molecule has 0 bridgehead atoms. The van der Waals surface area contributed by atoms with Crippen molar-refractivity contribution < 1.29 is 18.0 Å². The number of nitrogens with zero attached hydrogens (tertiary/aromatic N) is 2. The number of nitrogens with one attached hydrogen (secondary N) is 1. The smallest absolute Gasteiger partial charge is 0.244 e. The van der Waals surface area contributed by atoms with Gasteiger partial charge in [-0.25, -0.2) is 8.42 Å². The summed E-state index contributed by atoms with van der Waals surface area (Å²) in [5.74, 6) is -0.916. The highest BCUT2D eigenvalue weighted by molar-refractivity contribution is 7.92. The maximum atomic E-state index is 14.0. The van der Waals surface area contributed by atoms with E-state index in [1.165, 1.54) is 4.90 Å². The fourth-order valence-corrected chi connectivity index (χ4v) is 5.35. The minimum Gasteiger partial charge on any atom is -0.354 e. The Balaban J connectivity index is 2.07. The lowest BCUT2D eigenvalue weighted by atomic mass is 10.0. The van der Waals surface area contributed by atoms with Crippen molar-refractivity contribution in [1.29, 1.82) is 0 Å². The van der Waals surface area contributed by atoms with E-state index < -0.39 is 28.5 Å². The van der Waals surface area contributed by atoms with Crippen LogP contribution < -0.4 is 9.62 Å². The molecule has 202 valence electrons. The molecular formula is C28H31Cl2N3O4S. The standard InChI is InChI=1S/C28H31Cl2N3O4S/c1-3-17-31-28(35)26(18-21-11-6-4-7-12-21)32(19-23-24(29)15-10-16-25(23)30)27(34)20-33(38(2,36)37)22-13-8-5-9-14-22/h4-16,26H,3,17-20H2,1-2H3,(H,31,35)/t26-/m0/s1. The third kappa shape index (κ3) is 7.96. The molecule has 0 aromatic heterocycles. The molecule has 3 aromatic carbocycles. The molecular weight excluding hydrogens is 545 g/mol. The van der Waals surface area contributed by atoms with Crippen LogP contribution in [0, 0.1) is 0 Å².